The van der Waals surface area contributed by atoms with Crippen LogP contribution in [0.2, 0.25) is 0 Å². The minimum absolute atomic E-state index is 0. The number of aryl methyl sites for hydroxylation is 1. The number of likely N-dealkylation sites (N-methyl/N-ethyl adjacent to an activating group) is 1. The van der Waals surface area contributed by atoms with Gasteiger partial charge in [-0.3, -0.25) is 9.48 Å². The minimum atomic E-state index is 0. The highest BCUT2D eigenvalue weighted by Gasteiger charge is 2.16. The van der Waals surface area contributed by atoms with Crippen LogP contribution in [0, 0.1) is 0 Å². The number of ether oxygens (including phenoxy) is 1. The van der Waals surface area contributed by atoms with Crippen molar-refractivity contribution >= 4 is 35.8 Å². The first kappa shape index (κ1) is 20.7. The molecule has 1 saturated heterocycles. The Morgan fingerprint density at radius 3 is 2.75 bits per heavy atom. The van der Waals surface area contributed by atoms with Crippen molar-refractivity contribution in [3.8, 4) is 0 Å². The van der Waals surface area contributed by atoms with E-state index in [1.807, 2.05) is 13.1 Å². The molecule has 1 fully saturated rings. The first-order valence-corrected chi connectivity index (χ1v) is 7.86. The summed E-state index contributed by atoms with van der Waals surface area (Å²) in [7, 11) is 5.37. The third-order valence-corrected chi connectivity index (χ3v) is 3.79. The lowest BCUT2D eigenvalue weighted by Crippen LogP contribution is -2.48. The van der Waals surface area contributed by atoms with Crippen LogP contribution in [0.3, 0.4) is 0 Å². The number of guanidine groups is 1. The molecule has 9 heteroatoms. The largest absolute Gasteiger partial charge is 0.381 e. The average Bonchev–Trinajstić information content (AvgIpc) is 2.95. The average molecular weight is 450 g/mol. The summed E-state index contributed by atoms with van der Waals surface area (Å²) in [6.45, 7) is 2.23. The van der Waals surface area contributed by atoms with Crippen LogP contribution < -0.4 is 10.6 Å². The van der Waals surface area contributed by atoms with E-state index in [4.69, 9.17) is 4.74 Å². The van der Waals surface area contributed by atoms with E-state index in [1.165, 1.54) is 0 Å². The molecule has 1 aromatic rings. The van der Waals surface area contributed by atoms with Crippen molar-refractivity contribution in [2.45, 2.75) is 25.4 Å². The fraction of sp³-hybridized carbons (Fsp3) is 0.667. The van der Waals surface area contributed by atoms with E-state index in [0.29, 0.717) is 18.5 Å². The second-order valence-corrected chi connectivity index (χ2v) is 5.78. The van der Waals surface area contributed by atoms with Gasteiger partial charge < -0.3 is 20.3 Å². The van der Waals surface area contributed by atoms with Gasteiger partial charge in [-0.2, -0.15) is 5.10 Å². The second-order valence-electron chi connectivity index (χ2n) is 5.78. The van der Waals surface area contributed by atoms with E-state index in [-0.39, 0.29) is 36.4 Å². The molecule has 1 aliphatic rings. The number of hydrogen-bond acceptors (Lipinski definition) is 4. The van der Waals surface area contributed by atoms with Gasteiger partial charge in [-0.1, -0.05) is 0 Å². The first-order valence-electron chi connectivity index (χ1n) is 7.86. The Bertz CT molecular complexity index is 540. The van der Waals surface area contributed by atoms with Crippen LogP contribution >= 0.6 is 24.0 Å². The van der Waals surface area contributed by atoms with Crippen molar-refractivity contribution in [2.75, 3.05) is 33.9 Å². The SMILES string of the molecule is CN(C)C(=O)CNC(=NCc1ccnn1C)NC1CCOCC1.I. The maximum Gasteiger partial charge on any atom is 0.241 e. The summed E-state index contributed by atoms with van der Waals surface area (Å²) in [5, 5.41) is 10.6. The van der Waals surface area contributed by atoms with Crippen molar-refractivity contribution < 1.29 is 9.53 Å². The fourth-order valence-electron chi connectivity index (χ4n) is 2.22. The summed E-state index contributed by atoms with van der Waals surface area (Å²) in [6, 6.07) is 2.25. The normalized spacial score (nSPS) is 15.5. The first-order chi connectivity index (χ1) is 11.1. The Labute approximate surface area is 160 Å². The summed E-state index contributed by atoms with van der Waals surface area (Å²) >= 11 is 0. The molecule has 0 unspecified atom stereocenters. The number of hydrogen-bond donors (Lipinski definition) is 2. The van der Waals surface area contributed by atoms with E-state index in [1.54, 1.807) is 29.9 Å². The van der Waals surface area contributed by atoms with Crippen LogP contribution in [-0.4, -0.2) is 66.4 Å². The van der Waals surface area contributed by atoms with Crippen molar-refractivity contribution in [3.63, 3.8) is 0 Å². The number of aliphatic imine (C=N–C) groups is 1. The monoisotopic (exact) mass is 450 g/mol. The van der Waals surface area contributed by atoms with Gasteiger partial charge in [0, 0.05) is 46.6 Å². The highest BCUT2D eigenvalue weighted by Crippen LogP contribution is 2.06. The number of carbonyl (C=O) groups excluding carboxylic acids is 1. The van der Waals surface area contributed by atoms with Crippen molar-refractivity contribution in [1.82, 2.24) is 25.3 Å². The van der Waals surface area contributed by atoms with Gasteiger partial charge in [0.25, 0.3) is 0 Å². The summed E-state index contributed by atoms with van der Waals surface area (Å²) in [6.07, 6.45) is 3.63. The lowest BCUT2D eigenvalue weighted by atomic mass is 10.1. The Kier molecular flexibility index (Phi) is 9.04. The summed E-state index contributed by atoms with van der Waals surface area (Å²) in [5.41, 5.74) is 1.01. The molecule has 0 aromatic carbocycles. The fourth-order valence-corrected chi connectivity index (χ4v) is 2.22. The minimum Gasteiger partial charge on any atom is -0.381 e. The molecule has 0 atom stereocenters. The van der Waals surface area contributed by atoms with Crippen LogP contribution in [0.1, 0.15) is 18.5 Å². The standard InChI is InChI=1S/C15H26N6O2.HI/c1-20(2)14(22)11-17-15(19-12-5-8-23-9-6-12)16-10-13-4-7-18-21(13)3;/h4,7,12H,5-6,8-11H2,1-3H3,(H2,16,17,19);1H. The molecular formula is C15H27IN6O2. The van der Waals surface area contributed by atoms with Gasteiger partial charge in [0.1, 0.15) is 0 Å². The smallest absolute Gasteiger partial charge is 0.241 e. The lowest BCUT2D eigenvalue weighted by Gasteiger charge is -2.25. The summed E-state index contributed by atoms with van der Waals surface area (Å²) in [5.74, 6) is 0.653. The van der Waals surface area contributed by atoms with E-state index < -0.39 is 0 Å². The van der Waals surface area contributed by atoms with E-state index >= 15 is 0 Å². The van der Waals surface area contributed by atoms with Gasteiger partial charge in [-0.15, -0.1) is 24.0 Å². The van der Waals surface area contributed by atoms with Crippen LogP contribution in [0.15, 0.2) is 17.3 Å². The molecule has 1 amide bonds. The zero-order chi connectivity index (χ0) is 16.7. The number of nitrogens with zero attached hydrogens (tertiary/aromatic N) is 4. The van der Waals surface area contributed by atoms with Crippen molar-refractivity contribution in [2.24, 2.45) is 12.0 Å². The number of carbonyl (C=O) groups is 1. The number of halogens is 1. The third kappa shape index (κ3) is 6.63. The molecule has 8 nitrogen and oxygen atoms in total. The molecule has 136 valence electrons. The van der Waals surface area contributed by atoms with Crippen LogP contribution in [-0.2, 0) is 23.1 Å². The Hall–Kier alpha value is -1.36. The molecule has 2 heterocycles. The number of nitrogens with one attached hydrogen (secondary N) is 2. The molecule has 1 aromatic heterocycles. The van der Waals surface area contributed by atoms with Crippen LogP contribution in [0.5, 0.6) is 0 Å². The molecule has 0 spiro atoms. The van der Waals surface area contributed by atoms with Crippen LogP contribution in [0.25, 0.3) is 0 Å². The highest BCUT2D eigenvalue weighted by atomic mass is 127. The van der Waals surface area contributed by atoms with Crippen molar-refractivity contribution in [1.29, 1.82) is 0 Å². The predicted molar refractivity (Wildman–Crippen MR) is 103 cm³/mol. The third-order valence-electron chi connectivity index (χ3n) is 3.79. The topological polar surface area (TPSA) is 83.8 Å². The molecule has 0 saturated carbocycles. The summed E-state index contributed by atoms with van der Waals surface area (Å²) < 4.78 is 7.17. The zero-order valence-electron chi connectivity index (χ0n) is 14.5. The quantitative estimate of drug-likeness (QED) is 0.384. The Morgan fingerprint density at radius 1 is 1.46 bits per heavy atom. The Morgan fingerprint density at radius 2 is 2.17 bits per heavy atom. The highest BCUT2D eigenvalue weighted by molar-refractivity contribution is 14.0. The van der Waals surface area contributed by atoms with Gasteiger partial charge in [0.05, 0.1) is 18.8 Å². The molecular weight excluding hydrogens is 423 g/mol. The van der Waals surface area contributed by atoms with E-state index in [9.17, 15) is 4.79 Å². The number of aromatic nitrogens is 2. The number of amides is 1. The molecule has 2 rings (SSSR count). The predicted octanol–water partition coefficient (Wildman–Crippen LogP) is 0.341. The molecule has 0 aliphatic carbocycles. The van der Waals surface area contributed by atoms with Gasteiger partial charge in [0.2, 0.25) is 5.91 Å². The molecule has 0 radical (unpaired) electrons. The van der Waals surface area contributed by atoms with Crippen LogP contribution in [0.4, 0.5) is 0 Å². The molecule has 24 heavy (non-hydrogen) atoms. The van der Waals surface area contributed by atoms with Gasteiger partial charge in [-0.05, 0) is 18.9 Å². The van der Waals surface area contributed by atoms with Gasteiger partial charge in [0.15, 0.2) is 5.96 Å². The summed E-state index contributed by atoms with van der Waals surface area (Å²) in [4.78, 5) is 17.9. The van der Waals surface area contributed by atoms with E-state index in [0.717, 1.165) is 31.7 Å². The maximum atomic E-state index is 11.8. The second kappa shape index (κ2) is 10.5. The number of rotatable bonds is 5. The lowest BCUT2D eigenvalue weighted by molar-refractivity contribution is -0.127. The molecule has 2 N–H and O–H groups in total. The molecule has 0 bridgehead atoms. The van der Waals surface area contributed by atoms with Gasteiger partial charge in [-0.25, -0.2) is 4.99 Å². The molecule has 1 aliphatic heterocycles. The zero-order valence-corrected chi connectivity index (χ0v) is 16.8. The van der Waals surface area contributed by atoms with E-state index in [2.05, 4.69) is 20.7 Å². The van der Waals surface area contributed by atoms with Gasteiger partial charge >= 0.3 is 0 Å². The maximum absolute atomic E-state index is 11.8. The Balaban J connectivity index is 0.00000288. The van der Waals surface area contributed by atoms with Crippen molar-refractivity contribution in [3.05, 3.63) is 18.0 Å².